The maximum Gasteiger partial charge on any atom is 0.161 e. The van der Waals surface area contributed by atoms with Crippen LogP contribution in [0, 0.1) is 0 Å². The van der Waals surface area contributed by atoms with Crippen LogP contribution < -0.4 is 15.2 Å². The summed E-state index contributed by atoms with van der Waals surface area (Å²) in [5.74, 6) is 1.68. The maximum atomic E-state index is 6.35. The minimum absolute atomic E-state index is 0.256. The molecule has 2 heterocycles. The standard InChI is InChI=1S/C14H17N3O2/c1-17-14(12(18-2)8-16-17)13(15)10-3-4-11-9(7-10)5-6-19-11/h3-4,7-8,13H,5-6,15H2,1-2H3. The van der Waals surface area contributed by atoms with E-state index in [0.29, 0.717) is 5.75 Å². The van der Waals surface area contributed by atoms with Gasteiger partial charge in [0.25, 0.3) is 0 Å². The molecule has 1 aliphatic rings. The van der Waals surface area contributed by atoms with Gasteiger partial charge < -0.3 is 15.2 Å². The topological polar surface area (TPSA) is 62.3 Å². The quantitative estimate of drug-likeness (QED) is 0.905. The zero-order valence-corrected chi connectivity index (χ0v) is 11.1. The van der Waals surface area contributed by atoms with E-state index in [1.807, 2.05) is 19.2 Å². The van der Waals surface area contributed by atoms with Crippen LogP contribution in [0.15, 0.2) is 24.4 Å². The molecule has 3 rings (SSSR count). The predicted octanol–water partition coefficient (Wildman–Crippen LogP) is 1.41. The molecule has 0 spiro atoms. The van der Waals surface area contributed by atoms with Crippen molar-refractivity contribution in [3.63, 3.8) is 0 Å². The van der Waals surface area contributed by atoms with Gasteiger partial charge in [-0.15, -0.1) is 0 Å². The number of fused-ring (bicyclic) bond motifs is 1. The lowest BCUT2D eigenvalue weighted by Crippen LogP contribution is -2.17. The van der Waals surface area contributed by atoms with Crippen LogP contribution in [0.2, 0.25) is 0 Å². The van der Waals surface area contributed by atoms with Gasteiger partial charge in [-0.1, -0.05) is 12.1 Å². The van der Waals surface area contributed by atoms with Gasteiger partial charge in [-0.2, -0.15) is 5.10 Å². The zero-order chi connectivity index (χ0) is 13.4. The lowest BCUT2D eigenvalue weighted by Gasteiger charge is -2.15. The Labute approximate surface area is 111 Å². The van der Waals surface area contributed by atoms with Crippen molar-refractivity contribution in [3.8, 4) is 11.5 Å². The van der Waals surface area contributed by atoms with Gasteiger partial charge in [0.15, 0.2) is 5.75 Å². The van der Waals surface area contributed by atoms with E-state index in [-0.39, 0.29) is 6.04 Å². The third kappa shape index (κ3) is 1.96. The van der Waals surface area contributed by atoms with Crippen molar-refractivity contribution in [1.29, 1.82) is 0 Å². The van der Waals surface area contributed by atoms with Crippen molar-refractivity contribution < 1.29 is 9.47 Å². The molecule has 0 aliphatic carbocycles. The van der Waals surface area contributed by atoms with Gasteiger partial charge in [-0.05, 0) is 17.2 Å². The highest BCUT2D eigenvalue weighted by Crippen LogP contribution is 2.32. The Hall–Kier alpha value is -2.01. The molecule has 19 heavy (non-hydrogen) atoms. The summed E-state index contributed by atoms with van der Waals surface area (Å²) < 4.78 is 12.6. The minimum Gasteiger partial charge on any atom is -0.493 e. The third-order valence-electron chi connectivity index (χ3n) is 3.54. The highest BCUT2D eigenvalue weighted by molar-refractivity contribution is 5.44. The number of aromatic nitrogens is 2. The number of methoxy groups -OCH3 is 1. The zero-order valence-electron chi connectivity index (χ0n) is 11.1. The fourth-order valence-electron chi connectivity index (χ4n) is 2.50. The molecule has 1 atom stereocenters. The van der Waals surface area contributed by atoms with E-state index in [9.17, 15) is 0 Å². The van der Waals surface area contributed by atoms with Gasteiger partial charge in [-0.25, -0.2) is 0 Å². The fourth-order valence-corrected chi connectivity index (χ4v) is 2.50. The normalized spacial score (nSPS) is 14.9. The molecule has 1 aromatic heterocycles. The summed E-state index contributed by atoms with van der Waals surface area (Å²) in [5.41, 5.74) is 9.49. The Morgan fingerprint density at radius 1 is 1.47 bits per heavy atom. The van der Waals surface area contributed by atoms with E-state index in [4.69, 9.17) is 15.2 Å². The van der Waals surface area contributed by atoms with Crippen LogP contribution in [0.5, 0.6) is 11.5 Å². The number of nitrogens with two attached hydrogens (primary N) is 1. The van der Waals surface area contributed by atoms with E-state index >= 15 is 0 Å². The third-order valence-corrected chi connectivity index (χ3v) is 3.54. The number of benzene rings is 1. The van der Waals surface area contributed by atoms with Crippen molar-refractivity contribution >= 4 is 0 Å². The summed E-state index contributed by atoms with van der Waals surface area (Å²) in [7, 11) is 3.50. The van der Waals surface area contributed by atoms with Crippen molar-refractivity contribution in [1.82, 2.24) is 9.78 Å². The average molecular weight is 259 g/mol. The Morgan fingerprint density at radius 2 is 2.32 bits per heavy atom. The number of rotatable bonds is 3. The number of nitrogens with zero attached hydrogens (tertiary/aromatic N) is 2. The summed E-state index contributed by atoms with van der Waals surface area (Å²) in [6.45, 7) is 0.753. The van der Waals surface area contributed by atoms with Crippen LogP contribution in [-0.2, 0) is 13.5 Å². The van der Waals surface area contributed by atoms with Gasteiger partial charge in [0, 0.05) is 13.5 Å². The highest BCUT2D eigenvalue weighted by Gasteiger charge is 2.21. The van der Waals surface area contributed by atoms with Crippen LogP contribution in [0.3, 0.4) is 0 Å². The second-order valence-corrected chi connectivity index (χ2v) is 4.67. The second kappa shape index (κ2) is 4.59. The Kier molecular flexibility index (Phi) is 2.91. The van der Waals surface area contributed by atoms with Crippen LogP contribution in [0.1, 0.15) is 22.9 Å². The van der Waals surface area contributed by atoms with Crippen LogP contribution in [0.4, 0.5) is 0 Å². The lowest BCUT2D eigenvalue weighted by atomic mass is 10.0. The van der Waals surface area contributed by atoms with Crippen molar-refractivity contribution in [2.75, 3.05) is 13.7 Å². The van der Waals surface area contributed by atoms with Gasteiger partial charge in [0.2, 0.25) is 0 Å². The van der Waals surface area contributed by atoms with Crippen LogP contribution in [-0.4, -0.2) is 23.5 Å². The molecule has 0 amide bonds. The van der Waals surface area contributed by atoms with Gasteiger partial charge in [0.05, 0.1) is 26.0 Å². The molecule has 0 radical (unpaired) electrons. The van der Waals surface area contributed by atoms with Crippen LogP contribution >= 0.6 is 0 Å². The van der Waals surface area contributed by atoms with Gasteiger partial charge >= 0.3 is 0 Å². The number of hydrogen-bond acceptors (Lipinski definition) is 4. The Bertz CT molecular complexity index is 607. The van der Waals surface area contributed by atoms with Gasteiger partial charge in [-0.3, -0.25) is 4.68 Å². The average Bonchev–Trinajstić information content (AvgIpc) is 3.02. The first-order valence-corrected chi connectivity index (χ1v) is 6.28. The summed E-state index contributed by atoms with van der Waals surface area (Å²) in [6.07, 6.45) is 2.63. The van der Waals surface area contributed by atoms with E-state index in [1.54, 1.807) is 18.0 Å². The summed E-state index contributed by atoms with van der Waals surface area (Å²) in [5, 5.41) is 4.19. The first kappa shape index (κ1) is 12.0. The lowest BCUT2D eigenvalue weighted by molar-refractivity contribution is 0.357. The Balaban J connectivity index is 1.99. The Morgan fingerprint density at radius 3 is 3.11 bits per heavy atom. The molecule has 2 aromatic rings. The monoisotopic (exact) mass is 259 g/mol. The van der Waals surface area contributed by atoms with Crippen LogP contribution in [0.25, 0.3) is 0 Å². The fraction of sp³-hybridized carbons (Fsp3) is 0.357. The van der Waals surface area contributed by atoms with Crippen molar-refractivity contribution in [2.45, 2.75) is 12.5 Å². The highest BCUT2D eigenvalue weighted by atomic mass is 16.5. The molecule has 2 N–H and O–H groups in total. The first-order chi connectivity index (χ1) is 9.20. The van der Waals surface area contributed by atoms with E-state index in [2.05, 4.69) is 11.2 Å². The van der Waals surface area contributed by atoms with Gasteiger partial charge in [0.1, 0.15) is 11.4 Å². The summed E-state index contributed by atoms with van der Waals surface area (Å²) >= 11 is 0. The number of ether oxygens (including phenoxy) is 2. The molecule has 0 bridgehead atoms. The molecule has 1 aromatic carbocycles. The molecule has 100 valence electrons. The SMILES string of the molecule is COc1cnn(C)c1C(N)c1ccc2c(c1)CCO2. The molecule has 0 fully saturated rings. The molecular formula is C14H17N3O2. The molecule has 0 saturated heterocycles. The van der Waals surface area contributed by atoms with Crippen molar-refractivity contribution in [2.24, 2.45) is 12.8 Å². The predicted molar refractivity (Wildman–Crippen MR) is 71.4 cm³/mol. The molecule has 0 saturated carbocycles. The number of aryl methyl sites for hydroxylation is 1. The smallest absolute Gasteiger partial charge is 0.161 e. The minimum atomic E-state index is -0.256. The molecular weight excluding hydrogens is 242 g/mol. The van der Waals surface area contributed by atoms with E-state index in [0.717, 1.165) is 30.0 Å². The maximum absolute atomic E-state index is 6.35. The number of hydrogen-bond donors (Lipinski definition) is 1. The first-order valence-electron chi connectivity index (χ1n) is 6.28. The summed E-state index contributed by atoms with van der Waals surface area (Å²) in [6, 6.07) is 5.84. The molecule has 1 aliphatic heterocycles. The second-order valence-electron chi connectivity index (χ2n) is 4.67. The summed E-state index contributed by atoms with van der Waals surface area (Å²) in [4.78, 5) is 0. The van der Waals surface area contributed by atoms with E-state index in [1.165, 1.54) is 5.56 Å². The van der Waals surface area contributed by atoms with E-state index < -0.39 is 0 Å². The largest absolute Gasteiger partial charge is 0.493 e. The van der Waals surface area contributed by atoms with Crippen molar-refractivity contribution in [3.05, 3.63) is 41.2 Å². The molecule has 1 unspecified atom stereocenters. The molecule has 5 heteroatoms. The molecule has 5 nitrogen and oxygen atoms in total.